The zero-order valence-corrected chi connectivity index (χ0v) is 8.90. The Morgan fingerprint density at radius 3 is 2.94 bits per heavy atom. The Morgan fingerprint density at radius 1 is 1.44 bits per heavy atom. The molecule has 0 aliphatic carbocycles. The van der Waals surface area contributed by atoms with Crippen LogP contribution in [0.3, 0.4) is 0 Å². The lowest BCUT2D eigenvalue weighted by Gasteiger charge is -2.00. The first-order valence-electron chi connectivity index (χ1n) is 4.94. The van der Waals surface area contributed by atoms with Crippen LogP contribution in [-0.4, -0.2) is 15.6 Å². The van der Waals surface area contributed by atoms with Crippen molar-refractivity contribution < 1.29 is 9.90 Å². The summed E-state index contributed by atoms with van der Waals surface area (Å²) in [5.41, 5.74) is 1.32. The van der Waals surface area contributed by atoms with E-state index < -0.39 is 5.97 Å². The molecule has 0 saturated carbocycles. The van der Waals surface area contributed by atoms with Crippen LogP contribution < -0.4 is 0 Å². The Morgan fingerprint density at radius 2 is 2.25 bits per heavy atom. The largest absolute Gasteiger partial charge is 0.478 e. The zero-order chi connectivity index (χ0) is 11.5. The number of aromatic carboxylic acids is 1. The zero-order valence-electron chi connectivity index (χ0n) is 8.90. The SMILES string of the molecule is CC#CCn1ccc2cc(C(=O)O)ccc21. The molecule has 3 nitrogen and oxygen atoms in total. The summed E-state index contributed by atoms with van der Waals surface area (Å²) in [4.78, 5) is 10.8. The van der Waals surface area contributed by atoms with Gasteiger partial charge in [0.15, 0.2) is 0 Å². The summed E-state index contributed by atoms with van der Waals surface area (Å²) in [7, 11) is 0. The molecular weight excluding hydrogens is 202 g/mol. The van der Waals surface area contributed by atoms with Crippen LogP contribution >= 0.6 is 0 Å². The first-order chi connectivity index (χ1) is 7.72. The summed E-state index contributed by atoms with van der Waals surface area (Å²) in [5.74, 6) is 4.91. The molecule has 0 aliphatic heterocycles. The standard InChI is InChI=1S/C13H11NO2/c1-2-3-7-14-8-6-10-9-11(13(15)16)4-5-12(10)14/h4-6,8-9H,7H2,1H3,(H,15,16). The first-order valence-corrected chi connectivity index (χ1v) is 4.94. The maximum atomic E-state index is 10.8. The highest BCUT2D eigenvalue weighted by Gasteiger charge is 2.05. The summed E-state index contributed by atoms with van der Waals surface area (Å²) in [6.45, 7) is 2.43. The second-order valence-corrected chi connectivity index (χ2v) is 3.45. The fraction of sp³-hybridized carbons (Fsp3) is 0.154. The molecule has 2 rings (SSSR count). The van der Waals surface area contributed by atoms with Crippen molar-refractivity contribution in [3.05, 3.63) is 36.0 Å². The number of carboxylic acid groups (broad SMARTS) is 1. The summed E-state index contributed by atoms with van der Waals surface area (Å²) in [5, 5.41) is 9.79. The number of fused-ring (bicyclic) bond motifs is 1. The molecule has 0 fully saturated rings. The third kappa shape index (κ3) is 1.78. The smallest absolute Gasteiger partial charge is 0.335 e. The summed E-state index contributed by atoms with van der Waals surface area (Å²) < 4.78 is 2.00. The van der Waals surface area contributed by atoms with Crippen molar-refractivity contribution in [2.24, 2.45) is 0 Å². The van der Waals surface area contributed by atoms with Crippen molar-refractivity contribution in [1.29, 1.82) is 0 Å². The molecule has 1 aromatic carbocycles. The van der Waals surface area contributed by atoms with Gasteiger partial charge in [0.2, 0.25) is 0 Å². The highest BCUT2D eigenvalue weighted by Crippen LogP contribution is 2.17. The van der Waals surface area contributed by atoms with Gasteiger partial charge < -0.3 is 9.67 Å². The van der Waals surface area contributed by atoms with Crippen molar-refractivity contribution in [2.75, 3.05) is 0 Å². The van der Waals surface area contributed by atoms with E-state index in [-0.39, 0.29) is 0 Å². The molecule has 1 aromatic heterocycles. The van der Waals surface area contributed by atoms with Crippen molar-refractivity contribution in [1.82, 2.24) is 4.57 Å². The number of aromatic nitrogens is 1. The second kappa shape index (κ2) is 4.11. The predicted molar refractivity (Wildman–Crippen MR) is 62.3 cm³/mol. The lowest BCUT2D eigenvalue weighted by atomic mass is 10.1. The summed E-state index contributed by atoms with van der Waals surface area (Å²) in [6.07, 6.45) is 1.92. The van der Waals surface area contributed by atoms with Gasteiger partial charge in [0, 0.05) is 17.1 Å². The van der Waals surface area contributed by atoms with Crippen molar-refractivity contribution in [3.63, 3.8) is 0 Å². The summed E-state index contributed by atoms with van der Waals surface area (Å²) in [6, 6.07) is 7.00. The maximum Gasteiger partial charge on any atom is 0.335 e. The van der Waals surface area contributed by atoms with Crippen LogP contribution in [0, 0.1) is 11.8 Å². The van der Waals surface area contributed by atoms with Crippen molar-refractivity contribution in [3.8, 4) is 11.8 Å². The van der Waals surface area contributed by atoms with Crippen LogP contribution in [0.2, 0.25) is 0 Å². The molecule has 0 saturated heterocycles. The monoisotopic (exact) mass is 213 g/mol. The van der Waals surface area contributed by atoms with E-state index in [1.807, 2.05) is 22.9 Å². The number of benzene rings is 1. The molecule has 80 valence electrons. The van der Waals surface area contributed by atoms with Crippen molar-refractivity contribution >= 4 is 16.9 Å². The molecule has 0 aliphatic rings. The van der Waals surface area contributed by atoms with E-state index in [4.69, 9.17) is 5.11 Å². The minimum Gasteiger partial charge on any atom is -0.478 e. The number of hydrogen-bond acceptors (Lipinski definition) is 1. The van der Waals surface area contributed by atoms with E-state index in [0.29, 0.717) is 12.1 Å². The average molecular weight is 213 g/mol. The third-order valence-electron chi connectivity index (χ3n) is 2.44. The number of hydrogen-bond donors (Lipinski definition) is 1. The van der Waals surface area contributed by atoms with Crippen LogP contribution in [0.15, 0.2) is 30.5 Å². The molecule has 3 heteroatoms. The second-order valence-electron chi connectivity index (χ2n) is 3.45. The fourth-order valence-corrected chi connectivity index (χ4v) is 1.64. The van der Waals surface area contributed by atoms with Gasteiger partial charge in [0.25, 0.3) is 0 Å². The van der Waals surface area contributed by atoms with Crippen LogP contribution in [-0.2, 0) is 6.54 Å². The molecule has 0 spiro atoms. The van der Waals surface area contributed by atoms with Crippen LogP contribution in [0.1, 0.15) is 17.3 Å². The number of carboxylic acids is 1. The molecule has 0 amide bonds. The fourth-order valence-electron chi connectivity index (χ4n) is 1.64. The Hall–Kier alpha value is -2.21. The van der Waals surface area contributed by atoms with Gasteiger partial charge in [-0.15, -0.1) is 5.92 Å². The molecule has 2 aromatic rings. The van der Waals surface area contributed by atoms with Gasteiger partial charge in [-0.25, -0.2) is 4.79 Å². The highest BCUT2D eigenvalue weighted by molar-refractivity contribution is 5.93. The Kier molecular flexibility index (Phi) is 2.65. The van der Waals surface area contributed by atoms with E-state index in [1.165, 1.54) is 0 Å². The molecule has 0 radical (unpaired) electrons. The molecule has 1 N–H and O–H groups in total. The topological polar surface area (TPSA) is 42.2 Å². The third-order valence-corrected chi connectivity index (χ3v) is 2.44. The highest BCUT2D eigenvalue weighted by atomic mass is 16.4. The van der Waals surface area contributed by atoms with Crippen molar-refractivity contribution in [2.45, 2.75) is 13.5 Å². The van der Waals surface area contributed by atoms with E-state index in [0.717, 1.165) is 10.9 Å². The maximum absolute atomic E-state index is 10.8. The van der Waals surface area contributed by atoms with Gasteiger partial charge in [-0.3, -0.25) is 0 Å². The number of nitrogens with zero attached hydrogens (tertiary/aromatic N) is 1. The number of carbonyl (C=O) groups is 1. The van der Waals surface area contributed by atoms with Gasteiger partial charge >= 0.3 is 5.97 Å². The minimum absolute atomic E-state index is 0.312. The molecule has 1 heterocycles. The number of rotatable bonds is 2. The first kappa shape index (κ1) is 10.3. The van der Waals surface area contributed by atoms with Gasteiger partial charge in [-0.05, 0) is 31.2 Å². The lowest BCUT2D eigenvalue weighted by molar-refractivity contribution is 0.0697. The van der Waals surface area contributed by atoms with E-state index in [1.54, 1.807) is 19.1 Å². The minimum atomic E-state index is -0.900. The Labute approximate surface area is 93.3 Å². The molecule has 16 heavy (non-hydrogen) atoms. The molecule has 0 bridgehead atoms. The normalized spacial score (nSPS) is 9.81. The predicted octanol–water partition coefficient (Wildman–Crippen LogP) is 2.36. The van der Waals surface area contributed by atoms with Crippen LogP contribution in [0.25, 0.3) is 10.9 Å². The summed E-state index contributed by atoms with van der Waals surface area (Å²) >= 11 is 0. The molecule has 0 atom stereocenters. The van der Waals surface area contributed by atoms with Crippen LogP contribution in [0.4, 0.5) is 0 Å². The quantitative estimate of drug-likeness (QED) is 0.778. The van der Waals surface area contributed by atoms with E-state index in [9.17, 15) is 4.79 Å². The molecular formula is C13H11NO2. The van der Waals surface area contributed by atoms with Crippen LogP contribution in [0.5, 0.6) is 0 Å². The van der Waals surface area contributed by atoms with E-state index in [2.05, 4.69) is 11.8 Å². The van der Waals surface area contributed by atoms with E-state index >= 15 is 0 Å². The average Bonchev–Trinajstić information content (AvgIpc) is 2.68. The lowest BCUT2D eigenvalue weighted by Crippen LogP contribution is -1.96. The van der Waals surface area contributed by atoms with Gasteiger partial charge in [-0.1, -0.05) is 5.92 Å². The van der Waals surface area contributed by atoms with Gasteiger partial charge in [0.1, 0.15) is 0 Å². The van der Waals surface area contributed by atoms with Gasteiger partial charge in [0.05, 0.1) is 12.1 Å². The Bertz CT molecular complexity index is 599. The Balaban J connectivity index is 2.48. The van der Waals surface area contributed by atoms with Gasteiger partial charge in [-0.2, -0.15) is 0 Å². The molecule has 0 unspecified atom stereocenters.